The van der Waals surface area contributed by atoms with Crippen LogP contribution in [0.1, 0.15) is 18.8 Å². The van der Waals surface area contributed by atoms with E-state index in [9.17, 15) is 8.42 Å². The fourth-order valence-electron chi connectivity index (χ4n) is 1.67. The molecule has 108 valence electrons. The molecule has 9 heteroatoms. The number of benzene rings is 1. The van der Waals surface area contributed by atoms with Gasteiger partial charge in [0, 0.05) is 6.07 Å². The minimum atomic E-state index is -3.76. The molecule has 0 amide bonds. The number of nitrogens with zero attached hydrogens (tertiary/aromatic N) is 2. The van der Waals surface area contributed by atoms with E-state index < -0.39 is 16.1 Å². The number of methoxy groups -OCH3 is 1. The van der Waals surface area contributed by atoms with E-state index in [0.29, 0.717) is 11.6 Å². The van der Waals surface area contributed by atoms with Gasteiger partial charge in [0.15, 0.2) is 0 Å². The third kappa shape index (κ3) is 2.89. The van der Waals surface area contributed by atoms with Crippen molar-refractivity contribution in [2.24, 2.45) is 0 Å². The lowest BCUT2D eigenvalue weighted by Gasteiger charge is -2.13. The number of anilines is 1. The quantitative estimate of drug-likeness (QED) is 0.688. The zero-order valence-electron chi connectivity index (χ0n) is 11.0. The Labute approximate surface area is 116 Å². The van der Waals surface area contributed by atoms with Crippen LogP contribution in [0.3, 0.4) is 0 Å². The van der Waals surface area contributed by atoms with Crippen LogP contribution in [0.2, 0.25) is 0 Å². The first-order valence-corrected chi connectivity index (χ1v) is 7.23. The normalized spacial score (nSPS) is 13.1. The van der Waals surface area contributed by atoms with E-state index in [2.05, 4.69) is 19.9 Å². The van der Waals surface area contributed by atoms with Crippen molar-refractivity contribution in [3.63, 3.8) is 0 Å². The van der Waals surface area contributed by atoms with Crippen LogP contribution in [-0.2, 0) is 10.0 Å². The Balaban J connectivity index is 2.27. The molecule has 0 saturated carbocycles. The van der Waals surface area contributed by atoms with Crippen LogP contribution in [-0.4, -0.2) is 30.7 Å². The molecule has 1 atom stereocenters. The van der Waals surface area contributed by atoms with Gasteiger partial charge in [0.05, 0.1) is 18.8 Å². The Morgan fingerprint density at radius 3 is 2.75 bits per heavy atom. The van der Waals surface area contributed by atoms with Gasteiger partial charge in [-0.25, -0.2) is 18.1 Å². The van der Waals surface area contributed by atoms with Gasteiger partial charge in [-0.3, -0.25) is 5.10 Å². The first kappa shape index (κ1) is 14.3. The van der Waals surface area contributed by atoms with E-state index in [-0.39, 0.29) is 10.6 Å². The molecule has 0 saturated heterocycles. The number of hydrogen-bond donors (Lipinski definition) is 3. The molecule has 2 rings (SSSR count). The van der Waals surface area contributed by atoms with Gasteiger partial charge >= 0.3 is 0 Å². The zero-order valence-corrected chi connectivity index (χ0v) is 11.8. The van der Waals surface area contributed by atoms with Crippen molar-refractivity contribution in [3.8, 4) is 5.75 Å². The highest BCUT2D eigenvalue weighted by atomic mass is 32.2. The number of nitrogens with two attached hydrogens (primary N) is 1. The first-order valence-electron chi connectivity index (χ1n) is 5.75. The smallest absolute Gasteiger partial charge is 0.243 e. The van der Waals surface area contributed by atoms with E-state index in [4.69, 9.17) is 10.5 Å². The molecule has 0 spiro atoms. The van der Waals surface area contributed by atoms with Gasteiger partial charge in [0.25, 0.3) is 0 Å². The summed E-state index contributed by atoms with van der Waals surface area (Å²) in [6, 6.07) is 3.82. The molecule has 1 aromatic heterocycles. The summed E-state index contributed by atoms with van der Waals surface area (Å²) in [6.45, 7) is 1.65. The summed E-state index contributed by atoms with van der Waals surface area (Å²) in [5, 5.41) is 6.28. The molecule has 0 aliphatic rings. The minimum absolute atomic E-state index is 0.00957. The fourth-order valence-corrected chi connectivity index (χ4v) is 2.99. The maximum absolute atomic E-state index is 12.3. The third-order valence-electron chi connectivity index (χ3n) is 2.68. The predicted molar refractivity (Wildman–Crippen MR) is 72.5 cm³/mol. The zero-order chi connectivity index (χ0) is 14.8. The number of aromatic amines is 1. The van der Waals surface area contributed by atoms with Crippen molar-refractivity contribution < 1.29 is 13.2 Å². The van der Waals surface area contributed by atoms with Crippen molar-refractivity contribution in [3.05, 3.63) is 30.4 Å². The lowest BCUT2D eigenvalue weighted by molar-refractivity contribution is 0.414. The second kappa shape index (κ2) is 5.47. The molecule has 1 aromatic carbocycles. The van der Waals surface area contributed by atoms with Crippen LogP contribution in [0.15, 0.2) is 29.4 Å². The molecule has 1 unspecified atom stereocenters. The largest absolute Gasteiger partial charge is 0.497 e. The van der Waals surface area contributed by atoms with Gasteiger partial charge in [-0.1, -0.05) is 0 Å². The Morgan fingerprint density at radius 1 is 1.45 bits per heavy atom. The molecule has 2 aromatic rings. The summed E-state index contributed by atoms with van der Waals surface area (Å²) in [6.07, 6.45) is 1.31. The van der Waals surface area contributed by atoms with E-state index in [1.54, 1.807) is 6.92 Å². The summed E-state index contributed by atoms with van der Waals surface area (Å²) in [5.74, 6) is 0.908. The van der Waals surface area contributed by atoms with Crippen LogP contribution in [0.4, 0.5) is 5.69 Å². The second-order valence-electron chi connectivity index (χ2n) is 4.12. The molecule has 0 radical (unpaired) electrons. The fraction of sp³-hybridized carbons (Fsp3) is 0.273. The molecule has 8 nitrogen and oxygen atoms in total. The van der Waals surface area contributed by atoms with Crippen molar-refractivity contribution in [1.29, 1.82) is 0 Å². The Kier molecular flexibility index (Phi) is 3.91. The molecule has 4 N–H and O–H groups in total. The number of nitrogens with one attached hydrogen (secondary N) is 2. The standard InChI is InChI=1S/C11H15N5O3S/c1-7(11-13-6-14-15-11)16-20(17,18)10-4-3-8(19-2)5-9(10)12/h3-7,16H,12H2,1-2H3,(H,13,14,15). The molecular formula is C11H15N5O3S. The van der Waals surface area contributed by atoms with E-state index in [1.807, 2.05) is 0 Å². The molecular weight excluding hydrogens is 282 g/mol. The highest BCUT2D eigenvalue weighted by Gasteiger charge is 2.22. The van der Waals surface area contributed by atoms with Crippen LogP contribution in [0, 0.1) is 0 Å². The molecule has 1 heterocycles. The van der Waals surface area contributed by atoms with Crippen LogP contribution in [0.5, 0.6) is 5.75 Å². The summed E-state index contributed by atoms with van der Waals surface area (Å²) in [4.78, 5) is 3.89. The number of hydrogen-bond acceptors (Lipinski definition) is 6. The maximum atomic E-state index is 12.3. The lowest BCUT2D eigenvalue weighted by atomic mass is 10.3. The Bertz CT molecular complexity index is 684. The van der Waals surface area contributed by atoms with E-state index in [0.717, 1.165) is 0 Å². The SMILES string of the molecule is COc1ccc(S(=O)(=O)NC(C)c2ncn[nH]2)c(N)c1. The van der Waals surface area contributed by atoms with E-state index >= 15 is 0 Å². The molecule has 0 bridgehead atoms. The summed E-state index contributed by atoms with van der Waals surface area (Å²) in [5.41, 5.74) is 5.86. The van der Waals surface area contributed by atoms with Crippen LogP contribution >= 0.6 is 0 Å². The molecule has 0 aliphatic heterocycles. The van der Waals surface area contributed by atoms with Gasteiger partial charge in [0.2, 0.25) is 10.0 Å². The molecule has 0 fully saturated rings. The average Bonchev–Trinajstić information content (AvgIpc) is 2.91. The van der Waals surface area contributed by atoms with Gasteiger partial charge in [-0.15, -0.1) is 0 Å². The lowest BCUT2D eigenvalue weighted by Crippen LogP contribution is -2.28. The maximum Gasteiger partial charge on any atom is 0.243 e. The van der Waals surface area contributed by atoms with Gasteiger partial charge in [0.1, 0.15) is 22.8 Å². The van der Waals surface area contributed by atoms with Crippen molar-refractivity contribution in [2.45, 2.75) is 17.9 Å². The van der Waals surface area contributed by atoms with Gasteiger partial charge in [-0.05, 0) is 19.1 Å². The predicted octanol–water partition coefficient (Wildman–Crippen LogP) is 0.435. The van der Waals surface area contributed by atoms with E-state index in [1.165, 1.54) is 31.6 Å². The monoisotopic (exact) mass is 297 g/mol. The second-order valence-corrected chi connectivity index (χ2v) is 5.80. The molecule has 20 heavy (non-hydrogen) atoms. The number of rotatable bonds is 5. The van der Waals surface area contributed by atoms with Crippen LogP contribution in [0.25, 0.3) is 0 Å². The van der Waals surface area contributed by atoms with Crippen molar-refractivity contribution >= 4 is 15.7 Å². The van der Waals surface area contributed by atoms with Crippen LogP contribution < -0.4 is 15.2 Å². The van der Waals surface area contributed by atoms with Gasteiger partial charge in [-0.2, -0.15) is 5.10 Å². The first-order chi connectivity index (χ1) is 9.44. The summed E-state index contributed by atoms with van der Waals surface area (Å²) < 4.78 is 32.0. The van der Waals surface area contributed by atoms with Gasteiger partial charge < -0.3 is 10.5 Å². The van der Waals surface area contributed by atoms with Crippen molar-refractivity contribution in [1.82, 2.24) is 19.9 Å². The molecule has 0 aliphatic carbocycles. The van der Waals surface area contributed by atoms with Crippen molar-refractivity contribution in [2.75, 3.05) is 12.8 Å². The number of H-pyrrole nitrogens is 1. The Hall–Kier alpha value is -2.13. The minimum Gasteiger partial charge on any atom is -0.497 e. The third-order valence-corrected chi connectivity index (χ3v) is 4.30. The topological polar surface area (TPSA) is 123 Å². The highest BCUT2D eigenvalue weighted by Crippen LogP contribution is 2.24. The summed E-state index contributed by atoms with van der Waals surface area (Å²) in [7, 11) is -2.28. The number of aromatic nitrogens is 3. The Morgan fingerprint density at radius 2 is 2.20 bits per heavy atom. The number of nitrogen functional groups attached to an aromatic ring is 1. The number of ether oxygens (including phenoxy) is 1. The number of sulfonamides is 1. The average molecular weight is 297 g/mol. The highest BCUT2D eigenvalue weighted by molar-refractivity contribution is 7.89. The summed E-state index contributed by atoms with van der Waals surface area (Å²) >= 11 is 0.